The lowest BCUT2D eigenvalue weighted by Gasteiger charge is -2.17. The zero-order chi connectivity index (χ0) is 63.2. The van der Waals surface area contributed by atoms with E-state index in [2.05, 4.69) is 0 Å². The van der Waals surface area contributed by atoms with Crippen molar-refractivity contribution in [1.29, 1.82) is 0 Å². The molecule has 0 atom stereocenters. The minimum absolute atomic E-state index is 0.480. The van der Waals surface area contributed by atoms with Crippen LogP contribution < -0.4 is 31.9 Å². The van der Waals surface area contributed by atoms with E-state index in [1.165, 1.54) is 0 Å². The Morgan fingerprint density at radius 2 is 0.405 bits per heavy atom. The van der Waals surface area contributed by atoms with Gasteiger partial charge < -0.3 is 31.9 Å². The van der Waals surface area contributed by atoms with Crippen LogP contribution in [-0.4, -0.2) is 133 Å². The molecule has 0 unspecified atom stereocenters. The van der Waals surface area contributed by atoms with Gasteiger partial charge in [-0.3, -0.25) is 55.6 Å². The van der Waals surface area contributed by atoms with Gasteiger partial charge in [-0.15, -0.1) is 0 Å². The number of anilines is 6. The van der Waals surface area contributed by atoms with E-state index in [0.717, 1.165) is 0 Å². The number of carbonyl (C=O) groups excluding carboxylic acids is 5. The van der Waals surface area contributed by atoms with Gasteiger partial charge in [0.15, 0.2) is 0 Å². The Morgan fingerprint density at radius 1 is 0.250 bits per heavy atom. The Labute approximate surface area is 472 Å². The molecule has 448 valence electrons. The van der Waals surface area contributed by atoms with Crippen LogP contribution in [0.3, 0.4) is 0 Å². The highest BCUT2D eigenvalue weighted by Gasteiger charge is 2.32. The summed E-state index contributed by atoms with van der Waals surface area (Å²) < 4.78 is 276. The molecule has 35 nitrogen and oxygen atoms in total. The van der Waals surface area contributed by atoms with E-state index in [-0.39, 0.29) is 0 Å². The van der Waals surface area contributed by atoms with Crippen LogP contribution in [-0.2, 0) is 80.9 Å². The smallest absolute Gasteiger partial charge is 0.320 e. The third-order valence-corrected chi connectivity index (χ3v) is 17.7. The minimum Gasteiger partial charge on any atom is -0.320 e. The molecule has 0 aliphatic heterocycles. The summed E-state index contributed by atoms with van der Waals surface area (Å²) in [5.41, 5.74) is -11.2. The van der Waals surface area contributed by atoms with Gasteiger partial charge in [0.2, 0.25) is 0 Å². The van der Waals surface area contributed by atoms with Crippen LogP contribution in [0, 0.1) is 0 Å². The second-order valence-electron chi connectivity index (χ2n) is 16.3. The molecule has 0 fully saturated rings. The van der Waals surface area contributed by atoms with E-state index in [0.29, 0.717) is 109 Å². The molecule has 0 saturated heterocycles. The first kappa shape index (κ1) is 64.9. The summed E-state index contributed by atoms with van der Waals surface area (Å²) in [6, 6.07) is 8.49. The SMILES string of the molecule is O=C(Nc1cc(C(=O)Nc2c(S(=O)(=O)O)cccc2S(=O)(=O)O)cc(C(=O)Nc2c(S(=O)(=O)O)cccc2S(=O)(=O)O)c1)Nc1cc(C(=O)Nc2c(S(=O)(=O)O)cccc2S(=O)(=O)O)cc(C(=O)Nc2c(S(=O)(=O)O)cccc2S(=O)(=O)O)c1. The number of para-hydroxylation sites is 4. The molecule has 6 aromatic rings. The largest absolute Gasteiger partial charge is 0.323 e. The maximum Gasteiger partial charge on any atom is 0.323 e. The Morgan fingerprint density at radius 3 is 0.548 bits per heavy atom. The third kappa shape index (κ3) is 15.3. The molecule has 0 bridgehead atoms. The van der Waals surface area contributed by atoms with Gasteiger partial charge in [0.1, 0.15) is 39.2 Å². The lowest BCUT2D eigenvalue weighted by atomic mass is 10.1. The Balaban J connectivity index is 1.52. The van der Waals surface area contributed by atoms with Crippen LogP contribution in [0.4, 0.5) is 38.9 Å². The van der Waals surface area contributed by atoms with E-state index in [1.807, 2.05) is 10.6 Å². The highest BCUT2D eigenvalue weighted by atomic mass is 32.2. The minimum atomic E-state index is -5.51. The molecule has 0 saturated carbocycles. The van der Waals surface area contributed by atoms with Crippen molar-refractivity contribution >= 4 is 145 Å². The van der Waals surface area contributed by atoms with Gasteiger partial charge in [-0.2, -0.15) is 67.3 Å². The number of hydrogen-bond acceptors (Lipinski definition) is 21. The molecule has 6 aromatic carbocycles. The van der Waals surface area contributed by atoms with Crippen molar-refractivity contribution in [2.75, 3.05) is 31.9 Å². The molecular formula is C41H32N6O29S8. The number of hydrogen-bond donors (Lipinski definition) is 14. The van der Waals surface area contributed by atoms with Gasteiger partial charge in [0.25, 0.3) is 105 Å². The Kier molecular flexibility index (Phi) is 17.8. The summed E-state index contributed by atoms with van der Waals surface area (Å²) in [6.07, 6.45) is 0. The highest BCUT2D eigenvalue weighted by molar-refractivity contribution is 7.88. The highest BCUT2D eigenvalue weighted by Crippen LogP contribution is 2.35. The molecule has 0 heterocycles. The number of carbonyl (C=O) groups is 5. The first-order valence-corrected chi connectivity index (χ1v) is 32.7. The van der Waals surface area contributed by atoms with Crippen molar-refractivity contribution in [3.05, 3.63) is 131 Å². The van der Waals surface area contributed by atoms with E-state index >= 15 is 0 Å². The van der Waals surface area contributed by atoms with E-state index in [9.17, 15) is 128 Å². The van der Waals surface area contributed by atoms with Crippen molar-refractivity contribution in [1.82, 2.24) is 0 Å². The van der Waals surface area contributed by atoms with E-state index in [1.54, 1.807) is 21.3 Å². The molecule has 43 heteroatoms. The molecule has 6 amide bonds. The van der Waals surface area contributed by atoms with Gasteiger partial charge in [-0.1, -0.05) is 24.3 Å². The van der Waals surface area contributed by atoms with Crippen molar-refractivity contribution in [3.8, 4) is 0 Å². The topological polar surface area (TPSA) is 592 Å². The van der Waals surface area contributed by atoms with Crippen LogP contribution in [0.15, 0.2) is 148 Å². The first-order chi connectivity index (χ1) is 38.3. The molecule has 0 aliphatic rings. The monoisotopic (exact) mass is 1330 g/mol. The number of rotatable bonds is 18. The molecule has 0 radical (unpaired) electrons. The van der Waals surface area contributed by atoms with Gasteiger partial charge >= 0.3 is 6.03 Å². The molecule has 84 heavy (non-hydrogen) atoms. The normalized spacial score (nSPS) is 12.6. The fraction of sp³-hybridized carbons (Fsp3) is 0. The fourth-order valence-corrected chi connectivity index (χ4v) is 12.8. The lowest BCUT2D eigenvalue weighted by Crippen LogP contribution is -2.24. The van der Waals surface area contributed by atoms with Crippen LogP contribution >= 0.6 is 0 Å². The summed E-state index contributed by atoms with van der Waals surface area (Å²) in [5, 5.41) is 11.0. The predicted molar refractivity (Wildman–Crippen MR) is 282 cm³/mol. The number of benzene rings is 6. The molecular weight excluding hydrogens is 1300 g/mol. The summed E-state index contributed by atoms with van der Waals surface area (Å²) in [4.78, 5) is 58.7. The average Bonchev–Trinajstić information content (AvgIpc) is 3.53. The number of nitrogens with one attached hydrogen (secondary N) is 6. The van der Waals surface area contributed by atoms with Crippen LogP contribution in [0.5, 0.6) is 0 Å². The van der Waals surface area contributed by atoms with Gasteiger partial charge in [-0.25, -0.2) is 4.79 Å². The fourth-order valence-electron chi connectivity index (χ4n) is 7.22. The molecule has 14 N–H and O–H groups in total. The lowest BCUT2D eigenvalue weighted by molar-refractivity contribution is 0.101. The third-order valence-electron chi connectivity index (χ3n) is 10.6. The maximum atomic E-state index is 14.0. The standard InChI is InChI=1S/C41H32N6O29S8/c48-37(44-33-25(77(53,54)55)5-1-6-26(33)78(56,57)58)19-13-20(38(49)45-34-27(79(59,60)61)7-2-8-28(34)80(62,63)64)16-23(15-19)42-41(52)43-24-17-21(39(50)46-35-29(81(65,66)67)9-3-10-30(35)82(68,69)70)14-22(18-24)40(51)47-36-31(83(71,72)73)11-4-12-32(36)84(74,75)76/h1-18H,(H,44,48)(H,45,49)(H,46,50)(H,47,51)(H2,42,43,52)(H,53,54,55)(H,56,57,58)(H,59,60,61)(H,62,63,64)(H,65,66,67)(H,68,69,70)(H,71,72,73)(H,74,75,76). The second kappa shape index (κ2) is 23.1. The second-order valence-corrected chi connectivity index (χ2v) is 27.4. The quantitative estimate of drug-likeness (QED) is 0.0549. The van der Waals surface area contributed by atoms with Crippen LogP contribution in [0.1, 0.15) is 41.4 Å². The van der Waals surface area contributed by atoms with Crippen molar-refractivity contribution in [2.24, 2.45) is 0 Å². The first-order valence-electron chi connectivity index (χ1n) is 21.2. The van der Waals surface area contributed by atoms with E-state index < -0.39 is 206 Å². The van der Waals surface area contributed by atoms with Crippen molar-refractivity contribution < 1.29 is 128 Å². The van der Waals surface area contributed by atoms with Crippen molar-refractivity contribution in [3.63, 3.8) is 0 Å². The molecule has 0 aliphatic carbocycles. The number of urea groups is 1. The van der Waals surface area contributed by atoms with Gasteiger partial charge in [0, 0.05) is 33.6 Å². The van der Waals surface area contributed by atoms with Crippen LogP contribution in [0.25, 0.3) is 0 Å². The Hall–Kier alpha value is -8.25. The van der Waals surface area contributed by atoms with Crippen LogP contribution in [0.2, 0.25) is 0 Å². The summed E-state index contributed by atoms with van der Waals surface area (Å²) in [5.74, 6) is -6.89. The Bertz CT molecular complexity index is 4040. The molecule has 0 spiro atoms. The van der Waals surface area contributed by atoms with E-state index in [4.69, 9.17) is 0 Å². The zero-order valence-electron chi connectivity index (χ0n) is 40.3. The number of amides is 6. The summed E-state index contributed by atoms with van der Waals surface area (Å²) in [6.45, 7) is 0. The van der Waals surface area contributed by atoms with Crippen molar-refractivity contribution in [2.45, 2.75) is 39.2 Å². The molecule has 0 aromatic heterocycles. The predicted octanol–water partition coefficient (Wildman–Crippen LogP) is 2.31. The summed E-state index contributed by atoms with van der Waals surface area (Å²) in [7, 11) is -44.1. The summed E-state index contributed by atoms with van der Waals surface area (Å²) >= 11 is 0. The van der Waals surface area contributed by atoms with Gasteiger partial charge in [0.05, 0.1) is 22.7 Å². The maximum absolute atomic E-state index is 14.0. The van der Waals surface area contributed by atoms with Gasteiger partial charge in [-0.05, 0) is 84.9 Å². The average molecular weight is 1330 g/mol. The zero-order valence-corrected chi connectivity index (χ0v) is 46.8. The molecule has 6 rings (SSSR count).